The number of halogens is 1. The first-order valence-corrected chi connectivity index (χ1v) is 13.2. The molecule has 0 spiro atoms. The van der Waals surface area contributed by atoms with Crippen molar-refractivity contribution < 1.29 is 21.2 Å². The summed E-state index contributed by atoms with van der Waals surface area (Å²) in [6.07, 6.45) is 1.73. The number of thiophene rings is 1. The molecule has 7 nitrogen and oxygen atoms in total. The number of nitrogens with zero attached hydrogens (tertiary/aromatic N) is 2. The summed E-state index contributed by atoms with van der Waals surface area (Å²) in [6, 6.07) is 6.76. The molecule has 3 rings (SSSR count). The molecule has 1 saturated heterocycles. The van der Waals surface area contributed by atoms with Crippen LogP contribution in [0.5, 0.6) is 0 Å². The molecule has 1 aromatic carbocycles. The summed E-state index contributed by atoms with van der Waals surface area (Å²) in [5.74, 6) is -0.503. The quantitative estimate of drug-likeness (QED) is 0.690. The van der Waals surface area contributed by atoms with Crippen molar-refractivity contribution in [1.29, 1.82) is 0 Å². The fourth-order valence-corrected chi connectivity index (χ4v) is 7.22. The molecule has 1 aromatic heterocycles. The van der Waals surface area contributed by atoms with Crippen LogP contribution in [-0.4, -0.2) is 48.3 Å². The Kier molecular flexibility index (Phi) is 6.21. The highest BCUT2D eigenvalue weighted by Crippen LogP contribution is 2.38. The second-order valence-corrected chi connectivity index (χ2v) is 13.6. The van der Waals surface area contributed by atoms with Gasteiger partial charge in [-0.2, -0.15) is 0 Å². The lowest BCUT2D eigenvalue weighted by molar-refractivity contribution is 0.279. The molecule has 1 aliphatic rings. The van der Waals surface area contributed by atoms with Gasteiger partial charge in [0.2, 0.25) is 0 Å². The van der Waals surface area contributed by atoms with Crippen LogP contribution >= 0.6 is 11.3 Å². The maximum absolute atomic E-state index is 14.7. The van der Waals surface area contributed by atoms with E-state index in [1.165, 1.54) is 44.4 Å². The molecule has 30 heavy (non-hydrogen) atoms. The van der Waals surface area contributed by atoms with E-state index in [1.807, 2.05) is 4.90 Å². The summed E-state index contributed by atoms with van der Waals surface area (Å²) in [5.41, 5.74) is 0.515. The van der Waals surface area contributed by atoms with Crippen LogP contribution in [0.4, 0.5) is 15.8 Å². The zero-order chi connectivity index (χ0) is 22.3. The van der Waals surface area contributed by atoms with Crippen LogP contribution in [0.2, 0.25) is 0 Å². The van der Waals surface area contributed by atoms with E-state index < -0.39 is 25.9 Å². The standard InChI is InChI=1S/C19H26FN3O4S3/c1-19(2)10-12-23(13-11-19)18-14(20)6-5-7-15(18)21-29(24,25)16-8-9-17(28-16)30(26,27)22(3)4/h5-9,21H,10-13H2,1-4H3. The van der Waals surface area contributed by atoms with Crippen LogP contribution in [0.15, 0.2) is 38.8 Å². The molecule has 0 atom stereocenters. The first-order valence-electron chi connectivity index (χ1n) is 9.42. The summed E-state index contributed by atoms with van der Waals surface area (Å²) >= 11 is 0.652. The molecule has 0 bridgehead atoms. The predicted octanol–water partition coefficient (Wildman–Crippen LogP) is 3.56. The zero-order valence-electron chi connectivity index (χ0n) is 17.3. The van der Waals surface area contributed by atoms with E-state index in [0.29, 0.717) is 24.4 Å². The van der Waals surface area contributed by atoms with Gasteiger partial charge in [0, 0.05) is 27.2 Å². The minimum Gasteiger partial charge on any atom is -0.367 e. The first-order chi connectivity index (χ1) is 13.8. The summed E-state index contributed by atoms with van der Waals surface area (Å²) in [6.45, 7) is 5.55. The van der Waals surface area contributed by atoms with Gasteiger partial charge in [-0.1, -0.05) is 19.9 Å². The first kappa shape index (κ1) is 23.0. The van der Waals surface area contributed by atoms with Gasteiger partial charge in [-0.05, 0) is 42.5 Å². The van der Waals surface area contributed by atoms with Gasteiger partial charge in [0.15, 0.2) is 0 Å². The average Bonchev–Trinajstić information content (AvgIpc) is 3.14. The minimum absolute atomic E-state index is 0.0781. The fourth-order valence-electron chi connectivity index (χ4n) is 3.22. The van der Waals surface area contributed by atoms with Gasteiger partial charge in [-0.3, -0.25) is 4.72 Å². The second kappa shape index (κ2) is 8.10. The summed E-state index contributed by atoms with van der Waals surface area (Å²) < 4.78 is 68.3. The Morgan fingerprint density at radius 2 is 1.63 bits per heavy atom. The normalized spacial score (nSPS) is 17.3. The highest BCUT2D eigenvalue weighted by molar-refractivity contribution is 7.96. The van der Waals surface area contributed by atoms with Crippen molar-refractivity contribution in [3.8, 4) is 0 Å². The third kappa shape index (κ3) is 4.63. The van der Waals surface area contributed by atoms with E-state index in [2.05, 4.69) is 18.6 Å². The van der Waals surface area contributed by atoms with E-state index in [0.717, 1.165) is 17.1 Å². The third-order valence-electron chi connectivity index (χ3n) is 5.22. The van der Waals surface area contributed by atoms with Crippen molar-refractivity contribution in [2.75, 3.05) is 36.8 Å². The Balaban J connectivity index is 1.92. The molecule has 0 saturated carbocycles. The van der Waals surface area contributed by atoms with Crippen LogP contribution in [0.1, 0.15) is 26.7 Å². The van der Waals surface area contributed by atoms with E-state index in [1.54, 1.807) is 0 Å². The molecule has 0 aliphatic carbocycles. The number of benzene rings is 1. The SMILES string of the molecule is CN(C)S(=O)(=O)c1ccc(S(=O)(=O)Nc2cccc(F)c2N2CCC(C)(C)CC2)s1. The number of sulfonamides is 2. The lowest BCUT2D eigenvalue weighted by Crippen LogP contribution is -2.38. The summed E-state index contributed by atoms with van der Waals surface area (Å²) in [7, 11) is -5.08. The van der Waals surface area contributed by atoms with Crippen molar-refractivity contribution in [2.45, 2.75) is 35.1 Å². The highest BCUT2D eigenvalue weighted by Gasteiger charge is 2.30. The van der Waals surface area contributed by atoms with Crippen molar-refractivity contribution in [3.05, 3.63) is 36.1 Å². The molecule has 11 heteroatoms. The number of nitrogens with one attached hydrogen (secondary N) is 1. The Hall–Kier alpha value is -1.69. The van der Waals surface area contributed by atoms with Gasteiger partial charge in [-0.25, -0.2) is 25.5 Å². The second-order valence-electron chi connectivity index (χ2n) is 8.25. The highest BCUT2D eigenvalue weighted by atomic mass is 32.3. The minimum atomic E-state index is -4.09. The molecule has 1 fully saturated rings. The number of rotatable bonds is 6. The Labute approximate surface area is 181 Å². The smallest absolute Gasteiger partial charge is 0.271 e. The Morgan fingerprint density at radius 3 is 2.23 bits per heavy atom. The topological polar surface area (TPSA) is 86.8 Å². The van der Waals surface area contributed by atoms with Crippen LogP contribution < -0.4 is 9.62 Å². The third-order valence-corrected chi connectivity index (χ3v) is 10.4. The molecule has 1 N–H and O–H groups in total. The predicted molar refractivity (Wildman–Crippen MR) is 118 cm³/mol. The molecular formula is C19H26FN3O4S3. The lowest BCUT2D eigenvalue weighted by Gasteiger charge is -2.39. The average molecular weight is 476 g/mol. The zero-order valence-corrected chi connectivity index (χ0v) is 19.8. The Bertz CT molecular complexity index is 1130. The summed E-state index contributed by atoms with van der Waals surface area (Å²) in [4.78, 5) is 1.86. The largest absolute Gasteiger partial charge is 0.367 e. The molecule has 2 aromatic rings. The van der Waals surface area contributed by atoms with Crippen LogP contribution in [0, 0.1) is 11.2 Å². The van der Waals surface area contributed by atoms with Gasteiger partial charge in [0.05, 0.1) is 11.4 Å². The van der Waals surface area contributed by atoms with Crippen molar-refractivity contribution >= 4 is 42.8 Å². The van der Waals surface area contributed by atoms with Gasteiger partial charge in [-0.15, -0.1) is 11.3 Å². The van der Waals surface area contributed by atoms with E-state index in [9.17, 15) is 21.2 Å². The van der Waals surface area contributed by atoms with Gasteiger partial charge >= 0.3 is 0 Å². The molecule has 166 valence electrons. The van der Waals surface area contributed by atoms with Crippen LogP contribution in [-0.2, 0) is 20.0 Å². The fraction of sp³-hybridized carbons (Fsp3) is 0.474. The molecule has 0 unspecified atom stereocenters. The lowest BCUT2D eigenvalue weighted by atomic mass is 9.82. The maximum atomic E-state index is 14.7. The number of piperidine rings is 1. The maximum Gasteiger partial charge on any atom is 0.271 e. The molecule has 0 amide bonds. The number of anilines is 2. The van der Waals surface area contributed by atoms with Gasteiger partial charge in [0.25, 0.3) is 20.0 Å². The van der Waals surface area contributed by atoms with E-state index in [-0.39, 0.29) is 25.2 Å². The van der Waals surface area contributed by atoms with E-state index in [4.69, 9.17) is 0 Å². The van der Waals surface area contributed by atoms with Crippen LogP contribution in [0.3, 0.4) is 0 Å². The molecule has 2 heterocycles. The van der Waals surface area contributed by atoms with Crippen molar-refractivity contribution in [2.24, 2.45) is 5.41 Å². The van der Waals surface area contributed by atoms with E-state index >= 15 is 0 Å². The van der Waals surface area contributed by atoms with Gasteiger partial charge < -0.3 is 4.90 Å². The Morgan fingerprint density at radius 1 is 1.03 bits per heavy atom. The van der Waals surface area contributed by atoms with Gasteiger partial charge in [0.1, 0.15) is 14.2 Å². The number of para-hydroxylation sites is 1. The monoisotopic (exact) mass is 475 g/mol. The number of hydrogen-bond donors (Lipinski definition) is 1. The molecule has 1 aliphatic heterocycles. The van der Waals surface area contributed by atoms with Crippen LogP contribution in [0.25, 0.3) is 0 Å². The van der Waals surface area contributed by atoms with Crippen molar-refractivity contribution in [1.82, 2.24) is 4.31 Å². The number of hydrogen-bond acceptors (Lipinski definition) is 6. The van der Waals surface area contributed by atoms with Crippen molar-refractivity contribution in [3.63, 3.8) is 0 Å². The summed E-state index contributed by atoms with van der Waals surface area (Å²) in [5, 5.41) is 0. The molecular weight excluding hydrogens is 449 g/mol. The molecule has 0 radical (unpaired) electrons.